The SMILES string of the molecule is O=C(c1ccccc1N1CCOCC1)N1CCC(N(C(=O)CCl)c2ccccc2)C(Cc2ccccc2)C1. The van der Waals surface area contributed by atoms with Crippen LogP contribution < -0.4 is 9.80 Å². The van der Waals surface area contributed by atoms with Crippen molar-refractivity contribution in [3.05, 3.63) is 96.1 Å². The van der Waals surface area contributed by atoms with Gasteiger partial charge < -0.3 is 19.4 Å². The Morgan fingerprint density at radius 1 is 0.868 bits per heavy atom. The highest BCUT2D eigenvalue weighted by atomic mass is 35.5. The van der Waals surface area contributed by atoms with Gasteiger partial charge in [0.15, 0.2) is 0 Å². The van der Waals surface area contributed by atoms with Crippen molar-refractivity contribution in [2.45, 2.75) is 18.9 Å². The molecule has 0 bridgehead atoms. The maximum absolute atomic E-state index is 14.0. The number of likely N-dealkylation sites (tertiary alicyclic amines) is 1. The summed E-state index contributed by atoms with van der Waals surface area (Å²) in [5.41, 5.74) is 3.73. The number of benzene rings is 3. The number of amides is 2. The monoisotopic (exact) mass is 531 g/mol. The van der Waals surface area contributed by atoms with E-state index in [1.807, 2.05) is 82.6 Å². The van der Waals surface area contributed by atoms with Crippen molar-refractivity contribution in [2.24, 2.45) is 5.92 Å². The first-order valence-corrected chi connectivity index (χ1v) is 13.9. The van der Waals surface area contributed by atoms with Crippen molar-refractivity contribution < 1.29 is 14.3 Å². The number of rotatable bonds is 7. The van der Waals surface area contributed by atoms with Crippen molar-refractivity contribution in [1.82, 2.24) is 4.90 Å². The van der Waals surface area contributed by atoms with Crippen molar-refractivity contribution in [1.29, 1.82) is 0 Å². The van der Waals surface area contributed by atoms with Crippen LogP contribution in [-0.4, -0.2) is 68.0 Å². The van der Waals surface area contributed by atoms with Crippen molar-refractivity contribution >= 4 is 34.8 Å². The van der Waals surface area contributed by atoms with Gasteiger partial charge in [-0.2, -0.15) is 0 Å². The van der Waals surface area contributed by atoms with Crippen LogP contribution in [0, 0.1) is 5.92 Å². The van der Waals surface area contributed by atoms with Crippen molar-refractivity contribution in [2.75, 3.05) is 55.1 Å². The highest BCUT2D eigenvalue weighted by molar-refractivity contribution is 6.29. The molecule has 2 atom stereocenters. The molecule has 5 rings (SSSR count). The summed E-state index contributed by atoms with van der Waals surface area (Å²) < 4.78 is 5.53. The van der Waals surface area contributed by atoms with E-state index < -0.39 is 0 Å². The summed E-state index contributed by atoms with van der Waals surface area (Å²) in [6.07, 6.45) is 1.44. The van der Waals surface area contributed by atoms with Crippen LogP contribution >= 0.6 is 11.6 Å². The molecule has 0 aliphatic carbocycles. The minimum absolute atomic E-state index is 0.0403. The Labute approximate surface area is 229 Å². The van der Waals surface area contributed by atoms with Gasteiger partial charge in [-0.1, -0.05) is 60.7 Å². The zero-order valence-electron chi connectivity index (χ0n) is 21.5. The average molecular weight is 532 g/mol. The lowest BCUT2D eigenvalue weighted by atomic mass is 9.85. The molecule has 2 aliphatic rings. The number of hydrogen-bond donors (Lipinski definition) is 0. The second-order valence-corrected chi connectivity index (χ2v) is 10.2. The van der Waals surface area contributed by atoms with Gasteiger partial charge in [0.25, 0.3) is 5.91 Å². The molecule has 2 aliphatic heterocycles. The quantitative estimate of drug-likeness (QED) is 0.408. The third-order valence-corrected chi connectivity index (χ3v) is 7.79. The Kier molecular flexibility index (Phi) is 8.61. The highest BCUT2D eigenvalue weighted by Crippen LogP contribution is 2.32. The smallest absolute Gasteiger partial charge is 0.255 e. The van der Waals surface area contributed by atoms with Crippen LogP contribution in [0.3, 0.4) is 0 Å². The predicted molar refractivity (Wildman–Crippen MR) is 152 cm³/mol. The molecule has 0 aromatic heterocycles. The molecule has 0 saturated carbocycles. The normalized spacial score (nSPS) is 19.7. The van der Waals surface area contributed by atoms with Gasteiger partial charge in [0.1, 0.15) is 5.88 Å². The first-order valence-electron chi connectivity index (χ1n) is 13.3. The number of para-hydroxylation sites is 2. The number of carbonyl (C=O) groups excluding carboxylic acids is 2. The molecule has 0 spiro atoms. The Hall–Kier alpha value is -3.35. The molecule has 2 heterocycles. The number of ether oxygens (including phenoxy) is 1. The molecular formula is C31H34ClN3O3. The fourth-order valence-electron chi connectivity index (χ4n) is 5.74. The van der Waals surface area contributed by atoms with Crippen molar-refractivity contribution in [3.8, 4) is 0 Å². The van der Waals surface area contributed by atoms with Gasteiger partial charge >= 0.3 is 0 Å². The highest BCUT2D eigenvalue weighted by Gasteiger charge is 2.38. The standard InChI is InChI=1S/C31H34ClN3O3/c32-22-30(36)35(26-11-5-2-6-12-26)28-15-16-34(23-25(28)21-24-9-3-1-4-10-24)31(37)27-13-7-8-14-29(27)33-17-19-38-20-18-33/h1-14,25,28H,15-23H2. The number of hydrogen-bond acceptors (Lipinski definition) is 4. The Morgan fingerprint density at radius 3 is 2.24 bits per heavy atom. The van der Waals surface area contributed by atoms with Crippen LogP contribution in [0.4, 0.5) is 11.4 Å². The van der Waals surface area contributed by atoms with Crippen LogP contribution in [0.5, 0.6) is 0 Å². The number of morpholine rings is 1. The summed E-state index contributed by atoms with van der Waals surface area (Å²) in [4.78, 5) is 33.2. The van der Waals surface area contributed by atoms with Gasteiger partial charge in [-0.3, -0.25) is 9.59 Å². The van der Waals surface area contributed by atoms with Gasteiger partial charge in [-0.15, -0.1) is 11.6 Å². The van der Waals surface area contributed by atoms with Gasteiger partial charge in [0.2, 0.25) is 5.91 Å². The first-order chi connectivity index (χ1) is 18.7. The molecule has 3 aromatic carbocycles. The fraction of sp³-hybridized carbons (Fsp3) is 0.355. The molecule has 2 fully saturated rings. The summed E-state index contributed by atoms with van der Waals surface area (Å²) in [6, 6.07) is 27.9. The van der Waals surface area contributed by atoms with Crippen molar-refractivity contribution in [3.63, 3.8) is 0 Å². The predicted octanol–water partition coefficient (Wildman–Crippen LogP) is 4.87. The number of piperidine rings is 1. The molecule has 2 amide bonds. The van der Waals surface area contributed by atoms with E-state index in [0.717, 1.165) is 36.4 Å². The lowest BCUT2D eigenvalue weighted by Crippen LogP contribution is -2.55. The molecule has 0 N–H and O–H groups in total. The summed E-state index contributed by atoms with van der Waals surface area (Å²) in [7, 11) is 0. The van der Waals surface area contributed by atoms with Gasteiger partial charge in [0, 0.05) is 49.5 Å². The van der Waals surface area contributed by atoms with Crippen LogP contribution in [0.2, 0.25) is 0 Å². The molecule has 2 saturated heterocycles. The lowest BCUT2D eigenvalue weighted by molar-refractivity contribution is -0.117. The third kappa shape index (κ3) is 5.87. The minimum atomic E-state index is -0.113. The van der Waals surface area contributed by atoms with E-state index in [0.29, 0.717) is 32.7 Å². The molecule has 6 nitrogen and oxygen atoms in total. The molecule has 38 heavy (non-hydrogen) atoms. The molecule has 3 aromatic rings. The largest absolute Gasteiger partial charge is 0.378 e. The Morgan fingerprint density at radius 2 is 1.53 bits per heavy atom. The maximum Gasteiger partial charge on any atom is 0.255 e. The number of nitrogens with zero attached hydrogens (tertiary/aromatic N) is 3. The molecule has 7 heteroatoms. The summed E-state index contributed by atoms with van der Waals surface area (Å²) >= 11 is 6.10. The molecule has 198 valence electrons. The lowest BCUT2D eigenvalue weighted by Gasteiger charge is -2.44. The van der Waals surface area contributed by atoms with E-state index in [2.05, 4.69) is 17.0 Å². The van der Waals surface area contributed by atoms with Gasteiger partial charge in [-0.05, 0) is 42.7 Å². The molecule has 0 radical (unpaired) electrons. The summed E-state index contributed by atoms with van der Waals surface area (Å²) in [5, 5.41) is 0. The number of anilines is 2. The number of halogens is 1. The van der Waals surface area contributed by atoms with E-state index in [9.17, 15) is 9.59 Å². The van der Waals surface area contributed by atoms with E-state index in [-0.39, 0.29) is 29.7 Å². The minimum Gasteiger partial charge on any atom is -0.378 e. The maximum atomic E-state index is 14.0. The van der Waals surface area contributed by atoms with E-state index in [1.165, 1.54) is 5.56 Å². The van der Waals surface area contributed by atoms with Crippen LogP contribution in [0.1, 0.15) is 22.3 Å². The Bertz CT molecular complexity index is 1220. The van der Waals surface area contributed by atoms with Crippen LogP contribution in [0.15, 0.2) is 84.9 Å². The molecular weight excluding hydrogens is 498 g/mol. The first kappa shape index (κ1) is 26.3. The zero-order chi connectivity index (χ0) is 26.3. The fourth-order valence-corrected chi connectivity index (χ4v) is 5.87. The van der Waals surface area contributed by atoms with Gasteiger partial charge in [-0.25, -0.2) is 0 Å². The summed E-state index contributed by atoms with van der Waals surface area (Å²) in [6.45, 7) is 4.01. The third-order valence-electron chi connectivity index (χ3n) is 7.56. The Balaban J connectivity index is 1.44. The van der Waals surface area contributed by atoms with Crippen LogP contribution in [0.25, 0.3) is 0 Å². The number of alkyl halides is 1. The second kappa shape index (κ2) is 12.5. The topological polar surface area (TPSA) is 53.1 Å². The average Bonchev–Trinajstić information content (AvgIpc) is 2.99. The van der Waals surface area contributed by atoms with E-state index in [1.54, 1.807) is 0 Å². The van der Waals surface area contributed by atoms with Gasteiger partial charge in [0.05, 0.1) is 18.8 Å². The van der Waals surface area contributed by atoms with Crippen LogP contribution in [-0.2, 0) is 16.0 Å². The second-order valence-electron chi connectivity index (χ2n) is 9.91. The molecule has 2 unspecified atom stereocenters. The zero-order valence-corrected chi connectivity index (χ0v) is 22.3. The van der Waals surface area contributed by atoms with E-state index in [4.69, 9.17) is 16.3 Å². The number of carbonyl (C=O) groups is 2. The van der Waals surface area contributed by atoms with E-state index >= 15 is 0 Å². The summed E-state index contributed by atoms with van der Waals surface area (Å²) in [5.74, 6) is -0.103.